The molecule has 2 atom stereocenters. The van der Waals surface area contributed by atoms with Crippen molar-refractivity contribution < 1.29 is 10.0 Å². The molecule has 0 aromatic carbocycles. The lowest BCUT2D eigenvalue weighted by Crippen LogP contribution is -2.37. The Morgan fingerprint density at radius 2 is 2.10 bits per heavy atom. The van der Waals surface area contributed by atoms with E-state index in [-0.39, 0.29) is 12.2 Å². The maximum absolute atomic E-state index is 10.9. The van der Waals surface area contributed by atoms with Crippen molar-refractivity contribution in [2.45, 2.75) is 65.6 Å². The first-order chi connectivity index (χ1) is 9.90. The largest absolute Gasteiger partial charge is 0.390 e. The molecular formula is C14H26N4O3. The van der Waals surface area contributed by atoms with E-state index in [2.05, 4.69) is 24.3 Å². The molecule has 2 unspecified atom stereocenters. The second-order valence-corrected chi connectivity index (χ2v) is 5.41. The van der Waals surface area contributed by atoms with E-state index in [1.54, 1.807) is 13.8 Å². The third kappa shape index (κ3) is 4.78. The molecule has 0 aliphatic heterocycles. The Morgan fingerprint density at radius 1 is 1.43 bits per heavy atom. The molecule has 0 aliphatic rings. The quantitative estimate of drug-likeness (QED) is 0.537. The van der Waals surface area contributed by atoms with Gasteiger partial charge in [0, 0.05) is 12.6 Å². The zero-order valence-electron chi connectivity index (χ0n) is 13.3. The molecule has 0 aliphatic carbocycles. The standard InChI is InChI=1S/C14H26N4O3/c1-5-7-12(6-2)15-8-13(19)9-17-11(4)14(18(20)21)10(3)16-17/h12-13,15,19H,5-9H2,1-4H3. The molecule has 1 aromatic heterocycles. The number of aryl methyl sites for hydroxylation is 1. The summed E-state index contributed by atoms with van der Waals surface area (Å²) in [4.78, 5) is 10.5. The summed E-state index contributed by atoms with van der Waals surface area (Å²) in [5, 5.41) is 28.5. The monoisotopic (exact) mass is 298 g/mol. The van der Waals surface area contributed by atoms with Crippen molar-refractivity contribution >= 4 is 5.69 Å². The van der Waals surface area contributed by atoms with Crippen molar-refractivity contribution in [2.75, 3.05) is 6.54 Å². The summed E-state index contributed by atoms with van der Waals surface area (Å²) in [6.07, 6.45) is 2.58. The number of nitro groups is 1. The highest BCUT2D eigenvalue weighted by Gasteiger charge is 2.22. The van der Waals surface area contributed by atoms with Crippen molar-refractivity contribution in [2.24, 2.45) is 0 Å². The van der Waals surface area contributed by atoms with Crippen LogP contribution in [0.5, 0.6) is 0 Å². The van der Waals surface area contributed by atoms with Gasteiger partial charge in [-0.3, -0.25) is 14.8 Å². The Bertz CT molecular complexity index is 473. The zero-order valence-corrected chi connectivity index (χ0v) is 13.3. The maximum atomic E-state index is 10.9. The van der Waals surface area contributed by atoms with Gasteiger partial charge in [0.05, 0.1) is 17.6 Å². The summed E-state index contributed by atoms with van der Waals surface area (Å²) in [6.45, 7) is 8.24. The second-order valence-electron chi connectivity index (χ2n) is 5.41. The Hall–Kier alpha value is -1.47. The van der Waals surface area contributed by atoms with Crippen LogP contribution in [-0.2, 0) is 6.54 Å². The van der Waals surface area contributed by atoms with E-state index in [0.29, 0.717) is 24.0 Å². The van der Waals surface area contributed by atoms with Gasteiger partial charge in [0.25, 0.3) is 0 Å². The van der Waals surface area contributed by atoms with Crippen molar-refractivity contribution in [3.63, 3.8) is 0 Å². The van der Waals surface area contributed by atoms with E-state index in [9.17, 15) is 15.2 Å². The van der Waals surface area contributed by atoms with Crippen LogP contribution in [0, 0.1) is 24.0 Å². The van der Waals surface area contributed by atoms with Crippen molar-refractivity contribution in [3.05, 3.63) is 21.5 Å². The Morgan fingerprint density at radius 3 is 2.57 bits per heavy atom. The van der Waals surface area contributed by atoms with Crippen molar-refractivity contribution in [3.8, 4) is 0 Å². The highest BCUT2D eigenvalue weighted by molar-refractivity contribution is 5.39. The predicted molar refractivity (Wildman–Crippen MR) is 81.4 cm³/mol. The third-order valence-corrected chi connectivity index (χ3v) is 3.68. The van der Waals surface area contributed by atoms with E-state index < -0.39 is 11.0 Å². The Balaban J connectivity index is 2.61. The van der Waals surface area contributed by atoms with Crippen LogP contribution < -0.4 is 5.32 Å². The average molecular weight is 298 g/mol. The summed E-state index contributed by atoms with van der Waals surface area (Å²) in [6, 6.07) is 0.402. The fraction of sp³-hybridized carbons (Fsp3) is 0.786. The zero-order chi connectivity index (χ0) is 16.0. The van der Waals surface area contributed by atoms with Gasteiger partial charge in [-0.1, -0.05) is 20.3 Å². The molecule has 7 nitrogen and oxygen atoms in total. The van der Waals surface area contributed by atoms with Gasteiger partial charge in [0.15, 0.2) is 0 Å². The number of aliphatic hydroxyl groups excluding tert-OH is 1. The fourth-order valence-electron chi connectivity index (χ4n) is 2.50. The molecule has 7 heteroatoms. The topological polar surface area (TPSA) is 93.2 Å². The van der Waals surface area contributed by atoms with Crippen LogP contribution in [0.25, 0.3) is 0 Å². The van der Waals surface area contributed by atoms with Crippen LogP contribution in [-0.4, -0.2) is 38.5 Å². The Labute approximate surface area is 125 Å². The molecule has 1 heterocycles. The number of nitrogens with zero attached hydrogens (tertiary/aromatic N) is 3. The molecule has 0 bridgehead atoms. The molecule has 0 saturated heterocycles. The van der Waals surface area contributed by atoms with Gasteiger partial charge in [-0.25, -0.2) is 0 Å². The molecule has 1 rings (SSSR count). The van der Waals surface area contributed by atoms with Crippen LogP contribution in [0.1, 0.15) is 44.5 Å². The molecule has 0 radical (unpaired) electrons. The fourth-order valence-corrected chi connectivity index (χ4v) is 2.50. The number of hydrogen-bond acceptors (Lipinski definition) is 5. The van der Waals surface area contributed by atoms with Crippen molar-refractivity contribution in [1.29, 1.82) is 0 Å². The lowest BCUT2D eigenvalue weighted by atomic mass is 10.1. The van der Waals surface area contributed by atoms with E-state index in [4.69, 9.17) is 0 Å². The first kappa shape index (κ1) is 17.6. The molecule has 0 spiro atoms. The summed E-state index contributed by atoms with van der Waals surface area (Å²) in [5.74, 6) is 0. The third-order valence-electron chi connectivity index (χ3n) is 3.68. The van der Waals surface area contributed by atoms with Crippen molar-refractivity contribution in [1.82, 2.24) is 15.1 Å². The predicted octanol–water partition coefficient (Wildman–Crippen LogP) is 1.94. The van der Waals surface area contributed by atoms with Crippen LogP contribution in [0.15, 0.2) is 0 Å². The molecule has 1 aromatic rings. The van der Waals surface area contributed by atoms with Gasteiger partial charge < -0.3 is 10.4 Å². The van der Waals surface area contributed by atoms with Crippen LogP contribution in [0.2, 0.25) is 0 Å². The molecule has 120 valence electrons. The van der Waals surface area contributed by atoms with Gasteiger partial charge in [-0.05, 0) is 26.7 Å². The molecule has 0 amide bonds. The van der Waals surface area contributed by atoms with Gasteiger partial charge in [-0.15, -0.1) is 0 Å². The molecule has 21 heavy (non-hydrogen) atoms. The minimum atomic E-state index is -0.617. The molecule has 0 saturated carbocycles. The normalized spacial score (nSPS) is 14.1. The molecular weight excluding hydrogens is 272 g/mol. The first-order valence-electron chi connectivity index (χ1n) is 7.50. The number of aliphatic hydroxyl groups is 1. The smallest absolute Gasteiger partial charge is 0.312 e. The summed E-state index contributed by atoms with van der Waals surface area (Å²) in [7, 11) is 0. The molecule has 2 N–H and O–H groups in total. The Kier molecular flexibility index (Phi) is 6.77. The van der Waals surface area contributed by atoms with E-state index in [0.717, 1.165) is 19.3 Å². The van der Waals surface area contributed by atoms with Gasteiger partial charge in [-0.2, -0.15) is 5.10 Å². The van der Waals surface area contributed by atoms with Gasteiger partial charge in [0.1, 0.15) is 11.4 Å². The average Bonchev–Trinajstić information content (AvgIpc) is 2.69. The second kappa shape index (κ2) is 8.09. The van der Waals surface area contributed by atoms with E-state index >= 15 is 0 Å². The SMILES string of the molecule is CCCC(CC)NCC(O)Cn1nc(C)c([N+](=O)[O-])c1C. The number of nitrogens with one attached hydrogen (secondary N) is 1. The summed E-state index contributed by atoms with van der Waals surface area (Å²) in [5.41, 5.74) is 0.903. The first-order valence-corrected chi connectivity index (χ1v) is 7.50. The lowest BCUT2D eigenvalue weighted by molar-refractivity contribution is -0.386. The number of aromatic nitrogens is 2. The lowest BCUT2D eigenvalue weighted by Gasteiger charge is -2.19. The highest BCUT2D eigenvalue weighted by Crippen LogP contribution is 2.21. The van der Waals surface area contributed by atoms with Crippen LogP contribution in [0.3, 0.4) is 0 Å². The van der Waals surface area contributed by atoms with Crippen LogP contribution >= 0.6 is 0 Å². The summed E-state index contributed by atoms with van der Waals surface area (Å²) >= 11 is 0. The molecule has 0 fully saturated rings. The number of hydrogen-bond donors (Lipinski definition) is 2. The van der Waals surface area contributed by atoms with E-state index in [1.807, 2.05) is 0 Å². The highest BCUT2D eigenvalue weighted by atomic mass is 16.6. The number of rotatable bonds is 9. The minimum Gasteiger partial charge on any atom is -0.390 e. The summed E-state index contributed by atoms with van der Waals surface area (Å²) < 4.78 is 1.51. The van der Waals surface area contributed by atoms with Crippen LogP contribution in [0.4, 0.5) is 5.69 Å². The minimum absolute atomic E-state index is 0.0348. The van der Waals surface area contributed by atoms with E-state index in [1.165, 1.54) is 4.68 Å². The maximum Gasteiger partial charge on any atom is 0.312 e. The van der Waals surface area contributed by atoms with Gasteiger partial charge >= 0.3 is 5.69 Å². The van der Waals surface area contributed by atoms with Gasteiger partial charge in [0.2, 0.25) is 0 Å².